The van der Waals surface area contributed by atoms with Crippen molar-refractivity contribution in [2.45, 2.75) is 25.9 Å². The van der Waals surface area contributed by atoms with Gasteiger partial charge in [0.05, 0.1) is 19.7 Å². The number of nitrogens with zero attached hydrogens (tertiary/aromatic N) is 4. The second kappa shape index (κ2) is 9.53. The lowest BCUT2D eigenvalue weighted by Crippen LogP contribution is -2.44. The Labute approximate surface area is 174 Å². The predicted molar refractivity (Wildman–Crippen MR) is 112 cm³/mol. The molecule has 2 N–H and O–H groups in total. The van der Waals surface area contributed by atoms with Crippen LogP contribution in [0.2, 0.25) is 0 Å². The summed E-state index contributed by atoms with van der Waals surface area (Å²) in [6.45, 7) is 2.67. The number of methoxy groups -OCH3 is 1. The molecule has 1 unspecified atom stereocenters. The first-order valence-corrected chi connectivity index (χ1v) is 8.30. The minimum Gasteiger partial charge on any atom is -0.497 e. The van der Waals surface area contributed by atoms with E-state index < -0.39 is 0 Å². The summed E-state index contributed by atoms with van der Waals surface area (Å²) in [5, 5.41) is 10.1. The molecule has 1 amide bonds. The lowest BCUT2D eigenvalue weighted by atomic mass is 10.2. The first kappa shape index (κ1) is 20.9. The van der Waals surface area contributed by atoms with Crippen molar-refractivity contribution in [3.8, 4) is 5.75 Å². The topological polar surface area (TPSA) is 105 Å². The molecule has 1 aromatic heterocycles. The molecule has 3 rings (SSSR count). The quantitative estimate of drug-likeness (QED) is 0.375. The summed E-state index contributed by atoms with van der Waals surface area (Å²) < 4.78 is 10.3. The number of halogens is 1. The number of guanidine groups is 1. The number of aliphatic imine (C=N–C) groups is 1. The Bertz CT molecular complexity index is 809. The van der Waals surface area contributed by atoms with Gasteiger partial charge in [-0.2, -0.15) is 4.98 Å². The summed E-state index contributed by atoms with van der Waals surface area (Å²) >= 11 is 0. The van der Waals surface area contributed by atoms with Gasteiger partial charge in [-0.3, -0.25) is 9.79 Å². The second-order valence-corrected chi connectivity index (χ2v) is 5.91. The minimum atomic E-state index is -0.0516. The lowest BCUT2D eigenvalue weighted by Gasteiger charge is -2.19. The average molecular weight is 486 g/mol. The molecule has 9 nitrogen and oxygen atoms in total. The highest BCUT2D eigenvalue weighted by molar-refractivity contribution is 14.0. The average Bonchev–Trinajstić information content (AvgIpc) is 3.23. The zero-order valence-corrected chi connectivity index (χ0v) is 17.8. The third-order valence-corrected chi connectivity index (χ3v) is 4.03. The highest BCUT2D eigenvalue weighted by Crippen LogP contribution is 2.25. The maximum absolute atomic E-state index is 12.4. The zero-order chi connectivity index (χ0) is 18.5. The van der Waals surface area contributed by atoms with E-state index in [0.717, 1.165) is 11.4 Å². The van der Waals surface area contributed by atoms with Gasteiger partial charge in [-0.1, -0.05) is 11.2 Å². The van der Waals surface area contributed by atoms with Crippen LogP contribution in [-0.2, 0) is 11.3 Å². The normalized spacial score (nSPS) is 16.9. The van der Waals surface area contributed by atoms with E-state index in [2.05, 4.69) is 25.8 Å². The minimum absolute atomic E-state index is 0. The molecule has 0 radical (unpaired) electrons. The van der Waals surface area contributed by atoms with E-state index in [0.29, 0.717) is 37.2 Å². The van der Waals surface area contributed by atoms with Gasteiger partial charge in [0.2, 0.25) is 11.8 Å². The lowest BCUT2D eigenvalue weighted by molar-refractivity contribution is -0.117. The Morgan fingerprint density at radius 2 is 2.30 bits per heavy atom. The van der Waals surface area contributed by atoms with Gasteiger partial charge in [0.1, 0.15) is 5.75 Å². The summed E-state index contributed by atoms with van der Waals surface area (Å²) in [5.74, 6) is 2.41. The monoisotopic (exact) mass is 486 g/mol. The van der Waals surface area contributed by atoms with Crippen LogP contribution in [0.4, 0.5) is 5.69 Å². The van der Waals surface area contributed by atoms with Crippen LogP contribution in [0.5, 0.6) is 5.75 Å². The molecule has 1 fully saturated rings. The summed E-state index contributed by atoms with van der Waals surface area (Å²) in [4.78, 5) is 22.4. The number of aromatic nitrogens is 2. The molecular weight excluding hydrogens is 463 g/mol. The molecule has 2 heterocycles. The van der Waals surface area contributed by atoms with Crippen molar-refractivity contribution in [3.05, 3.63) is 36.0 Å². The third-order valence-electron chi connectivity index (χ3n) is 4.03. The van der Waals surface area contributed by atoms with Crippen LogP contribution < -0.4 is 20.3 Å². The number of carbonyl (C=O) groups excluding carboxylic acids is 1. The van der Waals surface area contributed by atoms with Crippen molar-refractivity contribution in [3.63, 3.8) is 0 Å². The molecule has 0 aliphatic carbocycles. The number of benzene rings is 1. The number of anilines is 1. The maximum atomic E-state index is 12.4. The van der Waals surface area contributed by atoms with E-state index >= 15 is 0 Å². The Morgan fingerprint density at radius 1 is 1.48 bits per heavy atom. The van der Waals surface area contributed by atoms with Crippen molar-refractivity contribution in [2.24, 2.45) is 4.99 Å². The summed E-state index contributed by atoms with van der Waals surface area (Å²) in [5.41, 5.74) is 0.822. The highest BCUT2D eigenvalue weighted by atomic mass is 127. The molecule has 1 aliphatic rings. The van der Waals surface area contributed by atoms with Crippen LogP contribution >= 0.6 is 24.0 Å². The summed E-state index contributed by atoms with van der Waals surface area (Å²) in [6, 6.07) is 7.42. The number of ether oxygens (including phenoxy) is 1. The standard InChI is InChI=1S/C17H22N6O3.HI/c1-11-20-15(26-22-11)9-19-17(18-2)21-12-7-16(24)23(10-12)13-5-4-6-14(8-13)25-3;/h4-6,8,12H,7,9-10H2,1-3H3,(H2,18,19,21);1H. The first-order valence-electron chi connectivity index (χ1n) is 8.30. The van der Waals surface area contributed by atoms with Gasteiger partial charge < -0.3 is 24.8 Å². The van der Waals surface area contributed by atoms with E-state index in [9.17, 15) is 4.79 Å². The predicted octanol–water partition coefficient (Wildman–Crippen LogP) is 1.48. The Morgan fingerprint density at radius 3 is 2.96 bits per heavy atom. The van der Waals surface area contributed by atoms with Crippen LogP contribution in [0.3, 0.4) is 0 Å². The molecule has 0 bridgehead atoms. The Hall–Kier alpha value is -2.37. The molecule has 2 aromatic rings. The van der Waals surface area contributed by atoms with Gasteiger partial charge in [0, 0.05) is 31.8 Å². The second-order valence-electron chi connectivity index (χ2n) is 5.91. The van der Waals surface area contributed by atoms with E-state index in [1.54, 1.807) is 26.0 Å². The van der Waals surface area contributed by atoms with Crippen molar-refractivity contribution < 1.29 is 14.1 Å². The Kier molecular flexibility index (Phi) is 7.39. The van der Waals surface area contributed by atoms with Crippen LogP contribution in [0.25, 0.3) is 0 Å². The van der Waals surface area contributed by atoms with Gasteiger partial charge >= 0.3 is 0 Å². The van der Waals surface area contributed by atoms with Crippen molar-refractivity contribution in [1.29, 1.82) is 0 Å². The van der Waals surface area contributed by atoms with Crippen LogP contribution in [0, 0.1) is 6.92 Å². The van der Waals surface area contributed by atoms with E-state index in [1.165, 1.54) is 0 Å². The van der Waals surface area contributed by atoms with Crippen molar-refractivity contribution in [2.75, 3.05) is 25.6 Å². The molecule has 1 atom stereocenters. The third kappa shape index (κ3) is 5.31. The van der Waals surface area contributed by atoms with E-state index in [1.807, 2.05) is 24.3 Å². The fourth-order valence-corrected chi connectivity index (χ4v) is 2.79. The van der Waals surface area contributed by atoms with Gasteiger partial charge in [-0.15, -0.1) is 24.0 Å². The number of nitrogens with one attached hydrogen (secondary N) is 2. The van der Waals surface area contributed by atoms with E-state index in [4.69, 9.17) is 9.26 Å². The summed E-state index contributed by atoms with van der Waals surface area (Å²) in [7, 11) is 3.28. The molecule has 27 heavy (non-hydrogen) atoms. The maximum Gasteiger partial charge on any atom is 0.246 e. The first-order chi connectivity index (χ1) is 12.6. The summed E-state index contributed by atoms with van der Waals surface area (Å²) in [6.07, 6.45) is 0.386. The number of amides is 1. The van der Waals surface area contributed by atoms with Crippen molar-refractivity contribution in [1.82, 2.24) is 20.8 Å². The molecule has 10 heteroatoms. The van der Waals surface area contributed by atoms with Gasteiger partial charge in [-0.05, 0) is 19.1 Å². The molecule has 1 saturated heterocycles. The van der Waals surface area contributed by atoms with Crippen LogP contribution in [0.1, 0.15) is 18.1 Å². The highest BCUT2D eigenvalue weighted by Gasteiger charge is 2.31. The Balaban J connectivity index is 0.00000261. The molecule has 1 aromatic carbocycles. The van der Waals surface area contributed by atoms with Gasteiger partial charge in [0.15, 0.2) is 11.8 Å². The number of aryl methyl sites for hydroxylation is 1. The van der Waals surface area contributed by atoms with E-state index in [-0.39, 0.29) is 35.9 Å². The zero-order valence-electron chi connectivity index (χ0n) is 15.4. The fraction of sp³-hybridized carbons (Fsp3) is 0.412. The number of hydrogen-bond acceptors (Lipinski definition) is 6. The molecule has 1 aliphatic heterocycles. The number of carbonyl (C=O) groups is 1. The van der Waals surface area contributed by atoms with Crippen molar-refractivity contribution >= 4 is 41.5 Å². The molecular formula is C17H23IN6O3. The SMILES string of the molecule is CN=C(NCc1nc(C)no1)NC1CC(=O)N(c2cccc(OC)c2)C1.I. The molecule has 0 saturated carbocycles. The van der Waals surface area contributed by atoms with Crippen LogP contribution in [0.15, 0.2) is 33.8 Å². The number of hydrogen-bond donors (Lipinski definition) is 2. The van der Waals surface area contributed by atoms with Gasteiger partial charge in [-0.25, -0.2) is 0 Å². The van der Waals surface area contributed by atoms with Crippen LogP contribution in [-0.4, -0.2) is 48.8 Å². The number of rotatable bonds is 5. The largest absolute Gasteiger partial charge is 0.497 e. The van der Waals surface area contributed by atoms with Gasteiger partial charge in [0.25, 0.3) is 0 Å². The molecule has 0 spiro atoms. The smallest absolute Gasteiger partial charge is 0.246 e. The molecule has 146 valence electrons. The fourth-order valence-electron chi connectivity index (χ4n) is 2.79.